The van der Waals surface area contributed by atoms with Crippen LogP contribution in [0.5, 0.6) is 0 Å². The smallest absolute Gasteiger partial charge is 0.350 e. The van der Waals surface area contributed by atoms with Crippen LogP contribution in [0.2, 0.25) is 5.02 Å². The van der Waals surface area contributed by atoms with Crippen LogP contribution in [0.3, 0.4) is 0 Å². The van der Waals surface area contributed by atoms with Gasteiger partial charge >= 0.3 is 11.9 Å². The number of nitrogens with one attached hydrogen (secondary N) is 1. The van der Waals surface area contributed by atoms with Crippen molar-refractivity contribution in [2.45, 2.75) is 33.5 Å². The van der Waals surface area contributed by atoms with Gasteiger partial charge in [-0.25, -0.2) is 9.59 Å². The minimum Gasteiger partial charge on any atom is -0.419 e. The zero-order valence-corrected chi connectivity index (χ0v) is 18.3. The van der Waals surface area contributed by atoms with Crippen LogP contribution in [0.4, 0.5) is 11.4 Å². The number of amides is 1. The first kappa shape index (κ1) is 22.0. The van der Waals surface area contributed by atoms with Crippen molar-refractivity contribution >= 4 is 40.8 Å². The van der Waals surface area contributed by atoms with Crippen molar-refractivity contribution < 1.29 is 23.9 Å². The molecule has 1 amide bonds. The third-order valence-corrected chi connectivity index (χ3v) is 5.11. The summed E-state index contributed by atoms with van der Waals surface area (Å²) in [6.45, 7) is 9.32. The van der Waals surface area contributed by atoms with Gasteiger partial charge in [0, 0.05) is 57.2 Å². The summed E-state index contributed by atoms with van der Waals surface area (Å²) in [7, 11) is 0. The molecule has 2 saturated heterocycles. The van der Waals surface area contributed by atoms with Gasteiger partial charge in [-0.1, -0.05) is 25.4 Å². The first-order valence-electron chi connectivity index (χ1n) is 9.84. The summed E-state index contributed by atoms with van der Waals surface area (Å²) in [4.78, 5) is 40.5. The maximum atomic E-state index is 12.2. The minimum atomic E-state index is -1.29. The molecule has 9 heteroatoms. The van der Waals surface area contributed by atoms with Crippen molar-refractivity contribution in [1.29, 1.82) is 0 Å². The molecule has 0 radical (unpaired) electrons. The van der Waals surface area contributed by atoms with Gasteiger partial charge in [0.05, 0.1) is 11.4 Å². The molecule has 0 aliphatic carbocycles. The van der Waals surface area contributed by atoms with E-state index in [9.17, 15) is 14.4 Å². The number of carbonyl (C=O) groups is 3. The molecule has 0 saturated carbocycles. The van der Waals surface area contributed by atoms with Gasteiger partial charge in [-0.05, 0) is 18.2 Å². The third kappa shape index (κ3) is 4.87. The Hall–Kier alpha value is -2.74. The van der Waals surface area contributed by atoms with Crippen molar-refractivity contribution in [2.24, 2.45) is 5.92 Å². The van der Waals surface area contributed by atoms with Crippen LogP contribution < -0.4 is 10.2 Å². The topological polar surface area (TPSA) is 88.2 Å². The van der Waals surface area contributed by atoms with E-state index in [1.807, 2.05) is 24.8 Å². The Morgan fingerprint density at radius 1 is 1.13 bits per heavy atom. The lowest BCUT2D eigenvalue weighted by Gasteiger charge is -2.37. The summed E-state index contributed by atoms with van der Waals surface area (Å²) < 4.78 is 10.2. The molecule has 2 aliphatic heterocycles. The Bertz CT molecular complexity index is 867. The zero-order valence-electron chi connectivity index (χ0n) is 17.5. The lowest BCUT2D eigenvalue weighted by Crippen LogP contribution is -2.50. The van der Waals surface area contributed by atoms with Gasteiger partial charge in [0.15, 0.2) is 5.57 Å². The molecule has 8 nitrogen and oxygen atoms in total. The molecule has 30 heavy (non-hydrogen) atoms. The van der Waals surface area contributed by atoms with E-state index in [-0.39, 0.29) is 17.4 Å². The van der Waals surface area contributed by atoms with Crippen LogP contribution in [0.1, 0.15) is 27.7 Å². The summed E-state index contributed by atoms with van der Waals surface area (Å²) in [5.41, 5.74) is 1.25. The van der Waals surface area contributed by atoms with Crippen LogP contribution in [0, 0.1) is 5.92 Å². The van der Waals surface area contributed by atoms with Gasteiger partial charge < -0.3 is 24.6 Å². The molecule has 0 atom stereocenters. The first-order chi connectivity index (χ1) is 14.1. The first-order valence-corrected chi connectivity index (χ1v) is 10.2. The molecule has 3 rings (SSSR count). The van der Waals surface area contributed by atoms with E-state index < -0.39 is 17.7 Å². The summed E-state index contributed by atoms with van der Waals surface area (Å²) in [5.74, 6) is -2.69. The maximum Gasteiger partial charge on any atom is 0.350 e. The van der Waals surface area contributed by atoms with E-state index in [0.29, 0.717) is 36.9 Å². The maximum absolute atomic E-state index is 12.2. The van der Waals surface area contributed by atoms with Crippen LogP contribution in [0.15, 0.2) is 30.0 Å². The van der Waals surface area contributed by atoms with Gasteiger partial charge in [0.25, 0.3) is 5.79 Å². The number of cyclic esters (lactones) is 2. The Balaban J connectivity index is 1.76. The van der Waals surface area contributed by atoms with Crippen LogP contribution in [0.25, 0.3) is 0 Å². The molecule has 0 unspecified atom stereocenters. The van der Waals surface area contributed by atoms with E-state index in [1.165, 1.54) is 20.0 Å². The number of carbonyl (C=O) groups excluding carboxylic acids is 3. The lowest BCUT2D eigenvalue weighted by molar-refractivity contribution is -0.222. The Kier molecular flexibility index (Phi) is 6.26. The lowest BCUT2D eigenvalue weighted by atomic mass is 10.1. The molecule has 1 N–H and O–H groups in total. The molecule has 162 valence electrons. The number of rotatable bonds is 4. The van der Waals surface area contributed by atoms with Crippen LogP contribution in [-0.4, -0.2) is 54.7 Å². The zero-order chi connectivity index (χ0) is 22.1. The Morgan fingerprint density at radius 3 is 2.30 bits per heavy atom. The number of piperazine rings is 1. The predicted octanol–water partition coefficient (Wildman–Crippen LogP) is 2.78. The van der Waals surface area contributed by atoms with Crippen molar-refractivity contribution in [3.63, 3.8) is 0 Å². The standard InChI is InChI=1S/C21H26ClN3O5/c1-13(2)18(26)25-9-7-24(8-10-25)17-6-5-14(22)11-16(17)23-12-15-19(27)29-21(3,4)30-20(15)28/h5-6,11-13,23H,7-10H2,1-4H3. The number of esters is 2. The highest BCUT2D eigenvalue weighted by molar-refractivity contribution is 6.31. The van der Waals surface area contributed by atoms with E-state index in [1.54, 1.807) is 12.1 Å². The summed E-state index contributed by atoms with van der Waals surface area (Å²) in [6, 6.07) is 5.35. The highest BCUT2D eigenvalue weighted by Gasteiger charge is 2.39. The van der Waals surface area contributed by atoms with Crippen molar-refractivity contribution in [3.8, 4) is 0 Å². The molecular weight excluding hydrogens is 410 g/mol. The quantitative estimate of drug-likeness (QED) is 0.442. The fraction of sp³-hybridized carbons (Fsp3) is 0.476. The second-order valence-electron chi connectivity index (χ2n) is 8.01. The second-order valence-corrected chi connectivity index (χ2v) is 8.45. The van der Waals surface area contributed by atoms with E-state index in [0.717, 1.165) is 5.69 Å². The third-order valence-electron chi connectivity index (χ3n) is 4.87. The molecule has 0 bridgehead atoms. The number of hydrogen-bond acceptors (Lipinski definition) is 7. The van der Waals surface area contributed by atoms with Crippen molar-refractivity contribution in [2.75, 3.05) is 36.4 Å². The largest absolute Gasteiger partial charge is 0.419 e. The molecule has 2 heterocycles. The fourth-order valence-corrected chi connectivity index (χ4v) is 3.53. The molecular formula is C21H26ClN3O5. The van der Waals surface area contributed by atoms with E-state index in [2.05, 4.69) is 10.2 Å². The number of hydrogen-bond donors (Lipinski definition) is 1. The molecule has 0 aromatic heterocycles. The predicted molar refractivity (Wildman–Crippen MR) is 113 cm³/mol. The van der Waals surface area contributed by atoms with Gasteiger partial charge in [-0.15, -0.1) is 0 Å². The average molecular weight is 436 g/mol. The summed E-state index contributed by atoms with van der Waals surface area (Å²) in [6.07, 6.45) is 1.27. The highest BCUT2D eigenvalue weighted by atomic mass is 35.5. The van der Waals surface area contributed by atoms with Crippen LogP contribution in [-0.2, 0) is 23.9 Å². The molecule has 2 fully saturated rings. The summed E-state index contributed by atoms with van der Waals surface area (Å²) in [5, 5.41) is 3.49. The fourth-order valence-electron chi connectivity index (χ4n) is 3.36. The summed E-state index contributed by atoms with van der Waals surface area (Å²) >= 11 is 6.16. The SMILES string of the molecule is CC(C)C(=O)N1CCN(c2ccc(Cl)cc2NC=C2C(=O)OC(C)(C)OC2=O)CC1. The van der Waals surface area contributed by atoms with Gasteiger partial charge in [-0.2, -0.15) is 0 Å². The van der Waals surface area contributed by atoms with E-state index in [4.69, 9.17) is 21.1 Å². The number of halogens is 1. The molecule has 1 aromatic rings. The van der Waals surface area contributed by atoms with Gasteiger partial charge in [-0.3, -0.25) is 4.79 Å². The normalized spacial score (nSPS) is 18.8. The van der Waals surface area contributed by atoms with Crippen LogP contribution >= 0.6 is 11.6 Å². The minimum absolute atomic E-state index is 0.0316. The Morgan fingerprint density at radius 2 is 1.73 bits per heavy atom. The number of benzene rings is 1. The number of nitrogens with zero attached hydrogens (tertiary/aromatic N) is 2. The molecule has 0 spiro atoms. The number of anilines is 2. The van der Waals surface area contributed by atoms with Gasteiger partial charge in [0.2, 0.25) is 5.91 Å². The van der Waals surface area contributed by atoms with Crippen molar-refractivity contribution in [1.82, 2.24) is 4.90 Å². The molecule has 1 aromatic carbocycles. The average Bonchev–Trinajstić information content (AvgIpc) is 2.66. The molecule has 2 aliphatic rings. The van der Waals surface area contributed by atoms with E-state index >= 15 is 0 Å². The monoisotopic (exact) mass is 435 g/mol. The Labute approximate surface area is 180 Å². The number of ether oxygens (including phenoxy) is 2. The van der Waals surface area contributed by atoms with Gasteiger partial charge in [0.1, 0.15) is 0 Å². The van der Waals surface area contributed by atoms with Crippen molar-refractivity contribution in [3.05, 3.63) is 35.0 Å². The highest BCUT2D eigenvalue weighted by Crippen LogP contribution is 2.31. The second kappa shape index (κ2) is 8.55.